The maximum Gasteiger partial charge on any atom is 0.303 e. The smallest absolute Gasteiger partial charge is 0.303 e. The first-order valence-electron chi connectivity index (χ1n) is 6.83. The van der Waals surface area contributed by atoms with Crippen molar-refractivity contribution in [1.82, 2.24) is 0 Å². The molecule has 0 unspecified atom stereocenters. The minimum Gasteiger partial charge on any atom is -0.456 e. The molecule has 23 heavy (non-hydrogen) atoms. The van der Waals surface area contributed by atoms with Gasteiger partial charge in [-0.05, 0) is 18.7 Å². The minimum atomic E-state index is -1.04. The quantitative estimate of drug-likeness (QED) is 0.264. The van der Waals surface area contributed by atoms with Gasteiger partial charge in [0.05, 0.1) is 6.10 Å². The van der Waals surface area contributed by atoms with Crippen LogP contribution < -0.4 is 11.1 Å². The van der Waals surface area contributed by atoms with E-state index in [-0.39, 0.29) is 5.17 Å². The number of amidine groups is 1. The summed E-state index contributed by atoms with van der Waals surface area (Å²) in [4.78, 5) is 34.1. The van der Waals surface area contributed by atoms with Gasteiger partial charge in [-0.15, -0.1) is 0 Å². The Labute approximate surface area is 137 Å². The first-order valence-corrected chi connectivity index (χ1v) is 7.71. The molecule has 0 amide bonds. The molecule has 1 heterocycles. The van der Waals surface area contributed by atoms with Crippen molar-refractivity contribution in [2.45, 2.75) is 57.5 Å². The molecule has 1 rings (SSSR count). The first kappa shape index (κ1) is 19.2. The Bertz CT molecular complexity index is 499. The van der Waals surface area contributed by atoms with Crippen molar-refractivity contribution < 1.29 is 38.7 Å². The van der Waals surface area contributed by atoms with Gasteiger partial charge < -0.3 is 18.9 Å². The molecule has 0 aromatic rings. The van der Waals surface area contributed by atoms with E-state index < -0.39 is 47.8 Å². The highest BCUT2D eigenvalue weighted by molar-refractivity contribution is 8.13. The monoisotopic (exact) mass is 349 g/mol. The number of ether oxygens (including phenoxy) is 4. The SMILES string of the molecule is CC(=O)O[C@@H]1[C@@H](OC(C)=O)[C@H](C)O[C@@H](SC(N)=[NH2+])[C@@H]1OC(C)=O. The zero-order valence-electron chi connectivity index (χ0n) is 13.3. The van der Waals surface area contributed by atoms with E-state index in [0.717, 1.165) is 11.8 Å². The van der Waals surface area contributed by atoms with Crippen LogP contribution in [0.3, 0.4) is 0 Å². The molecule has 0 aromatic heterocycles. The van der Waals surface area contributed by atoms with Crippen LogP contribution in [0.1, 0.15) is 27.7 Å². The standard InChI is InChI=1S/C13H20N2O7S/c1-5-9(20-6(2)16)10(21-7(3)17)11(22-8(4)18)12(19-5)23-13(14)15/h5,9-12H,1-4H3,(H3,14,15)/p+1/t5-,9-,10+,11+,12-/m0/s1. The molecule has 4 N–H and O–H groups in total. The second-order valence-electron chi connectivity index (χ2n) is 4.95. The number of hydrogen-bond donors (Lipinski definition) is 2. The van der Waals surface area contributed by atoms with Crippen LogP contribution in [0.2, 0.25) is 0 Å². The Hall–Kier alpha value is -1.81. The lowest BCUT2D eigenvalue weighted by Gasteiger charge is -2.42. The van der Waals surface area contributed by atoms with Gasteiger partial charge in [0.2, 0.25) is 0 Å². The topological polar surface area (TPSA) is 140 Å². The average molecular weight is 349 g/mol. The van der Waals surface area contributed by atoms with Gasteiger partial charge in [0, 0.05) is 20.8 Å². The summed E-state index contributed by atoms with van der Waals surface area (Å²) in [6, 6.07) is 0. The fourth-order valence-corrected chi connectivity index (χ4v) is 3.04. The first-order chi connectivity index (χ1) is 10.6. The van der Waals surface area contributed by atoms with E-state index in [0.29, 0.717) is 0 Å². The van der Waals surface area contributed by atoms with Crippen LogP contribution in [-0.4, -0.2) is 52.9 Å². The Morgan fingerprint density at radius 2 is 1.39 bits per heavy atom. The number of hydrogen-bond acceptors (Lipinski definition) is 8. The Balaban J connectivity index is 3.15. The predicted molar refractivity (Wildman–Crippen MR) is 79.7 cm³/mol. The zero-order valence-corrected chi connectivity index (χ0v) is 14.1. The molecule has 1 aliphatic rings. The van der Waals surface area contributed by atoms with Crippen LogP contribution in [0, 0.1) is 0 Å². The Morgan fingerprint density at radius 1 is 0.957 bits per heavy atom. The van der Waals surface area contributed by atoms with Gasteiger partial charge in [-0.3, -0.25) is 25.5 Å². The third-order valence-electron chi connectivity index (χ3n) is 2.89. The summed E-state index contributed by atoms with van der Waals surface area (Å²) in [5.74, 6) is -1.82. The fourth-order valence-electron chi connectivity index (χ4n) is 2.20. The molecule has 1 aliphatic heterocycles. The largest absolute Gasteiger partial charge is 0.456 e. The third kappa shape index (κ3) is 5.71. The van der Waals surface area contributed by atoms with Gasteiger partial charge in [0.25, 0.3) is 0 Å². The second-order valence-corrected chi connectivity index (χ2v) is 6.12. The van der Waals surface area contributed by atoms with Crippen molar-refractivity contribution in [1.29, 1.82) is 0 Å². The van der Waals surface area contributed by atoms with E-state index in [1.54, 1.807) is 6.92 Å². The fraction of sp³-hybridized carbons (Fsp3) is 0.692. The number of carbonyl (C=O) groups excluding carboxylic acids is 3. The molecule has 5 atom stereocenters. The number of esters is 3. The molecule has 130 valence electrons. The van der Waals surface area contributed by atoms with Gasteiger partial charge in [-0.25, -0.2) is 0 Å². The zero-order chi connectivity index (χ0) is 17.7. The number of nitrogens with two attached hydrogens (primary N) is 2. The van der Waals surface area contributed by atoms with Crippen molar-refractivity contribution in [3.8, 4) is 0 Å². The number of thioether (sulfide) groups is 1. The van der Waals surface area contributed by atoms with E-state index in [4.69, 9.17) is 30.1 Å². The molecule has 0 radical (unpaired) electrons. The van der Waals surface area contributed by atoms with Crippen LogP contribution in [0.25, 0.3) is 0 Å². The second kappa shape index (κ2) is 8.16. The molecule has 1 fully saturated rings. The molecule has 9 nitrogen and oxygen atoms in total. The molecule has 0 saturated carbocycles. The summed E-state index contributed by atoms with van der Waals surface area (Å²) in [6.45, 7) is 5.24. The van der Waals surface area contributed by atoms with E-state index in [2.05, 4.69) is 0 Å². The summed E-state index contributed by atoms with van der Waals surface area (Å²) in [5, 5.41) is 5.46. The van der Waals surface area contributed by atoms with E-state index in [1.807, 2.05) is 0 Å². The summed E-state index contributed by atoms with van der Waals surface area (Å²) in [7, 11) is 0. The maximum absolute atomic E-state index is 11.4. The molecular weight excluding hydrogens is 328 g/mol. The number of rotatable bonds is 4. The average Bonchev–Trinajstić information content (AvgIpc) is 2.36. The molecule has 0 aromatic carbocycles. The molecule has 0 aliphatic carbocycles. The normalized spacial score (nSPS) is 30.2. The lowest BCUT2D eigenvalue weighted by atomic mass is 10.00. The summed E-state index contributed by atoms with van der Waals surface area (Å²) < 4.78 is 21.3. The van der Waals surface area contributed by atoms with Gasteiger partial charge in [0.1, 0.15) is 0 Å². The van der Waals surface area contributed by atoms with Crippen LogP contribution in [-0.2, 0) is 33.3 Å². The van der Waals surface area contributed by atoms with Crippen LogP contribution >= 0.6 is 11.8 Å². The van der Waals surface area contributed by atoms with Crippen molar-refractivity contribution in [2.75, 3.05) is 0 Å². The molecule has 0 spiro atoms. The molecule has 0 bridgehead atoms. The molecule has 1 saturated heterocycles. The van der Waals surface area contributed by atoms with E-state index in [1.165, 1.54) is 20.8 Å². The van der Waals surface area contributed by atoms with E-state index >= 15 is 0 Å². The van der Waals surface area contributed by atoms with Crippen molar-refractivity contribution >= 4 is 34.8 Å². The Morgan fingerprint density at radius 3 is 1.83 bits per heavy atom. The molecule has 10 heteroatoms. The Kier molecular flexibility index (Phi) is 6.82. The highest BCUT2D eigenvalue weighted by Gasteiger charge is 2.51. The highest BCUT2D eigenvalue weighted by Crippen LogP contribution is 2.33. The van der Waals surface area contributed by atoms with Gasteiger partial charge in [0.15, 0.2) is 23.7 Å². The molecular formula is C13H21N2O7S+. The lowest BCUT2D eigenvalue weighted by molar-refractivity contribution is -0.229. The van der Waals surface area contributed by atoms with Crippen molar-refractivity contribution in [3.05, 3.63) is 0 Å². The third-order valence-corrected chi connectivity index (χ3v) is 3.77. The summed E-state index contributed by atoms with van der Waals surface area (Å²) in [6.07, 6.45) is -3.64. The minimum absolute atomic E-state index is 0.00753. The van der Waals surface area contributed by atoms with Crippen molar-refractivity contribution in [3.63, 3.8) is 0 Å². The van der Waals surface area contributed by atoms with Crippen molar-refractivity contribution in [2.24, 2.45) is 5.73 Å². The van der Waals surface area contributed by atoms with E-state index in [9.17, 15) is 14.4 Å². The van der Waals surface area contributed by atoms with Crippen LogP contribution in [0.15, 0.2) is 0 Å². The van der Waals surface area contributed by atoms with Gasteiger partial charge in [-0.2, -0.15) is 0 Å². The predicted octanol–water partition coefficient (Wildman–Crippen LogP) is -1.67. The van der Waals surface area contributed by atoms with Crippen LogP contribution in [0.5, 0.6) is 0 Å². The van der Waals surface area contributed by atoms with Crippen LogP contribution in [0.4, 0.5) is 0 Å². The summed E-state index contributed by atoms with van der Waals surface area (Å²) >= 11 is 0.922. The van der Waals surface area contributed by atoms with Gasteiger partial charge in [-0.1, -0.05) is 0 Å². The summed E-state index contributed by atoms with van der Waals surface area (Å²) in [5.41, 5.74) is 4.66. The maximum atomic E-state index is 11.4. The highest BCUT2D eigenvalue weighted by atomic mass is 32.2. The lowest BCUT2D eigenvalue weighted by Crippen LogP contribution is -2.60. The number of carbonyl (C=O) groups is 3. The van der Waals surface area contributed by atoms with Gasteiger partial charge >= 0.3 is 23.1 Å².